The van der Waals surface area contributed by atoms with Crippen LogP contribution in [0.25, 0.3) is 0 Å². The monoisotopic (exact) mass is 290 g/mol. The quantitative estimate of drug-likeness (QED) is 0.876. The molecule has 1 aliphatic carbocycles. The first-order chi connectivity index (χ1) is 10.0. The Morgan fingerprint density at radius 3 is 2.71 bits per heavy atom. The van der Waals surface area contributed by atoms with Gasteiger partial charge in [0.2, 0.25) is 11.5 Å². The molecule has 1 atom stereocenters. The minimum atomic E-state index is -0.116. The highest BCUT2D eigenvalue weighted by molar-refractivity contribution is 5.76. The van der Waals surface area contributed by atoms with Gasteiger partial charge in [-0.3, -0.25) is 9.59 Å². The second-order valence-electron chi connectivity index (χ2n) is 6.39. The molecule has 1 aliphatic rings. The average molecular weight is 290 g/mol. The van der Waals surface area contributed by atoms with Gasteiger partial charge in [-0.1, -0.05) is 39.0 Å². The lowest BCUT2D eigenvalue weighted by Crippen LogP contribution is -2.28. The molecule has 1 aromatic rings. The number of hydrogen-bond donors (Lipinski definition) is 2. The summed E-state index contributed by atoms with van der Waals surface area (Å²) in [4.78, 5) is 26.1. The number of carbonyl (C=O) groups is 1. The summed E-state index contributed by atoms with van der Waals surface area (Å²) >= 11 is 0. The lowest BCUT2D eigenvalue weighted by Gasteiger charge is -2.27. The average Bonchev–Trinajstić information content (AvgIpc) is 2.45. The Bertz CT molecular complexity index is 530. The molecule has 116 valence electrons. The number of aryl methyl sites for hydroxylation is 1. The Morgan fingerprint density at radius 1 is 1.33 bits per heavy atom. The fraction of sp³-hybridized carbons (Fsp3) is 0.647. The Hall–Kier alpha value is -1.58. The van der Waals surface area contributed by atoms with Gasteiger partial charge in [-0.05, 0) is 30.4 Å². The van der Waals surface area contributed by atoms with Gasteiger partial charge in [0.1, 0.15) is 0 Å². The molecule has 0 aliphatic heterocycles. The van der Waals surface area contributed by atoms with Gasteiger partial charge in [-0.25, -0.2) is 0 Å². The normalized spacial score (nSPS) is 17.4. The SMILES string of the molecule is Cc1cc(CNC(=O)CC(C)C2CCCCC2)cc(=O)[nH]1. The highest BCUT2D eigenvalue weighted by Crippen LogP contribution is 2.31. The van der Waals surface area contributed by atoms with E-state index in [1.807, 2.05) is 13.0 Å². The van der Waals surface area contributed by atoms with E-state index < -0.39 is 0 Å². The summed E-state index contributed by atoms with van der Waals surface area (Å²) in [5, 5.41) is 2.93. The number of aromatic nitrogens is 1. The van der Waals surface area contributed by atoms with Crippen LogP contribution in [0, 0.1) is 18.8 Å². The molecule has 0 aromatic carbocycles. The van der Waals surface area contributed by atoms with Crippen LogP contribution in [0.2, 0.25) is 0 Å². The Labute approximate surface area is 126 Å². The summed E-state index contributed by atoms with van der Waals surface area (Å²) in [5.74, 6) is 1.24. The van der Waals surface area contributed by atoms with E-state index >= 15 is 0 Å². The maximum atomic E-state index is 12.0. The van der Waals surface area contributed by atoms with Crippen LogP contribution in [0.15, 0.2) is 16.9 Å². The van der Waals surface area contributed by atoms with Crippen LogP contribution in [-0.2, 0) is 11.3 Å². The number of H-pyrrole nitrogens is 1. The molecule has 1 amide bonds. The van der Waals surface area contributed by atoms with Crippen molar-refractivity contribution in [1.82, 2.24) is 10.3 Å². The summed E-state index contributed by atoms with van der Waals surface area (Å²) in [6, 6.07) is 3.43. The summed E-state index contributed by atoms with van der Waals surface area (Å²) in [6.07, 6.45) is 7.08. The summed E-state index contributed by atoms with van der Waals surface area (Å²) in [7, 11) is 0. The molecular formula is C17H26N2O2. The van der Waals surface area contributed by atoms with Crippen molar-refractivity contribution in [2.75, 3.05) is 0 Å². The van der Waals surface area contributed by atoms with E-state index in [4.69, 9.17) is 0 Å². The van der Waals surface area contributed by atoms with Crippen molar-refractivity contribution in [3.05, 3.63) is 33.7 Å². The zero-order valence-electron chi connectivity index (χ0n) is 13.1. The summed E-state index contributed by atoms with van der Waals surface area (Å²) < 4.78 is 0. The van der Waals surface area contributed by atoms with Crippen molar-refractivity contribution in [1.29, 1.82) is 0 Å². The molecule has 4 heteroatoms. The molecule has 0 spiro atoms. The highest BCUT2D eigenvalue weighted by atomic mass is 16.1. The number of pyridine rings is 1. The first-order valence-electron chi connectivity index (χ1n) is 8.01. The van der Waals surface area contributed by atoms with Crippen LogP contribution in [0.5, 0.6) is 0 Å². The third-order valence-corrected chi connectivity index (χ3v) is 4.49. The second kappa shape index (κ2) is 7.43. The molecule has 1 unspecified atom stereocenters. The van der Waals surface area contributed by atoms with Crippen molar-refractivity contribution in [3.8, 4) is 0 Å². The predicted octanol–water partition coefficient (Wildman–Crippen LogP) is 2.91. The number of rotatable bonds is 5. The fourth-order valence-corrected chi connectivity index (χ4v) is 3.29. The van der Waals surface area contributed by atoms with Gasteiger partial charge in [0, 0.05) is 24.7 Å². The minimum absolute atomic E-state index is 0.0889. The topological polar surface area (TPSA) is 62.0 Å². The number of carbonyl (C=O) groups excluding carboxylic acids is 1. The van der Waals surface area contributed by atoms with Crippen LogP contribution in [0.1, 0.15) is 56.7 Å². The van der Waals surface area contributed by atoms with E-state index in [0.29, 0.717) is 24.8 Å². The van der Waals surface area contributed by atoms with Crippen LogP contribution < -0.4 is 10.9 Å². The maximum absolute atomic E-state index is 12.0. The first kappa shape index (κ1) is 15.8. The van der Waals surface area contributed by atoms with Gasteiger partial charge in [0.15, 0.2) is 0 Å². The summed E-state index contributed by atoms with van der Waals surface area (Å²) in [5.41, 5.74) is 1.56. The molecule has 1 fully saturated rings. The largest absolute Gasteiger partial charge is 0.352 e. The van der Waals surface area contributed by atoms with E-state index in [9.17, 15) is 9.59 Å². The lowest BCUT2D eigenvalue weighted by molar-refractivity contribution is -0.122. The molecule has 4 nitrogen and oxygen atoms in total. The van der Waals surface area contributed by atoms with E-state index in [2.05, 4.69) is 17.2 Å². The Balaban J connectivity index is 1.80. The van der Waals surface area contributed by atoms with Gasteiger partial charge in [0.05, 0.1) is 0 Å². The molecular weight excluding hydrogens is 264 g/mol. The fourth-order valence-electron chi connectivity index (χ4n) is 3.29. The first-order valence-corrected chi connectivity index (χ1v) is 8.01. The van der Waals surface area contributed by atoms with E-state index in [-0.39, 0.29) is 11.5 Å². The van der Waals surface area contributed by atoms with Crippen molar-refractivity contribution in [3.63, 3.8) is 0 Å². The van der Waals surface area contributed by atoms with Crippen molar-refractivity contribution in [2.24, 2.45) is 11.8 Å². The van der Waals surface area contributed by atoms with Gasteiger partial charge in [0.25, 0.3) is 0 Å². The minimum Gasteiger partial charge on any atom is -0.352 e. The highest BCUT2D eigenvalue weighted by Gasteiger charge is 2.21. The number of aromatic amines is 1. The zero-order valence-corrected chi connectivity index (χ0v) is 13.1. The van der Waals surface area contributed by atoms with Gasteiger partial charge in [-0.2, -0.15) is 0 Å². The zero-order chi connectivity index (χ0) is 15.2. The Kier molecular flexibility index (Phi) is 5.59. The van der Waals surface area contributed by atoms with Gasteiger partial charge >= 0.3 is 0 Å². The van der Waals surface area contributed by atoms with Crippen LogP contribution in [0.4, 0.5) is 0 Å². The third kappa shape index (κ3) is 5.03. The molecule has 1 heterocycles. The molecule has 0 bridgehead atoms. The van der Waals surface area contributed by atoms with Crippen molar-refractivity contribution in [2.45, 2.75) is 58.9 Å². The molecule has 2 rings (SSSR count). The molecule has 1 aromatic heterocycles. The molecule has 0 saturated heterocycles. The smallest absolute Gasteiger partial charge is 0.248 e. The second-order valence-corrected chi connectivity index (χ2v) is 6.39. The van der Waals surface area contributed by atoms with Crippen LogP contribution >= 0.6 is 0 Å². The van der Waals surface area contributed by atoms with E-state index in [0.717, 1.165) is 11.3 Å². The van der Waals surface area contributed by atoms with Gasteiger partial charge < -0.3 is 10.3 Å². The van der Waals surface area contributed by atoms with Crippen LogP contribution in [-0.4, -0.2) is 10.9 Å². The molecule has 21 heavy (non-hydrogen) atoms. The predicted molar refractivity (Wildman–Crippen MR) is 84.0 cm³/mol. The Morgan fingerprint density at radius 2 is 2.05 bits per heavy atom. The van der Waals surface area contributed by atoms with Gasteiger partial charge in [-0.15, -0.1) is 0 Å². The molecule has 0 radical (unpaired) electrons. The van der Waals surface area contributed by atoms with E-state index in [1.54, 1.807) is 0 Å². The standard InChI is InChI=1S/C17H26N2O2/c1-12(15-6-4-3-5-7-15)8-16(20)18-11-14-9-13(2)19-17(21)10-14/h9-10,12,15H,3-8,11H2,1-2H3,(H,18,20)(H,19,21). The third-order valence-electron chi connectivity index (χ3n) is 4.49. The number of amides is 1. The lowest BCUT2D eigenvalue weighted by atomic mass is 9.79. The van der Waals surface area contributed by atoms with Crippen LogP contribution in [0.3, 0.4) is 0 Å². The maximum Gasteiger partial charge on any atom is 0.248 e. The molecule has 2 N–H and O–H groups in total. The number of nitrogens with one attached hydrogen (secondary N) is 2. The van der Waals surface area contributed by atoms with Crippen molar-refractivity contribution >= 4 is 5.91 Å². The summed E-state index contributed by atoms with van der Waals surface area (Å²) in [6.45, 7) is 4.46. The number of hydrogen-bond acceptors (Lipinski definition) is 2. The van der Waals surface area contributed by atoms with Crippen molar-refractivity contribution < 1.29 is 4.79 Å². The molecule has 1 saturated carbocycles. The van der Waals surface area contributed by atoms with E-state index in [1.165, 1.54) is 38.2 Å².